The van der Waals surface area contributed by atoms with E-state index in [9.17, 15) is 22.0 Å². The fraction of sp³-hybridized carbons (Fsp3) is 0.400. The monoisotopic (exact) mass is 686 g/mol. The van der Waals surface area contributed by atoms with Gasteiger partial charge in [-0.2, -0.15) is 13.1 Å². The van der Waals surface area contributed by atoms with Gasteiger partial charge in [-0.1, -0.05) is 47.0 Å². The number of nitrogens with zero attached hydrogens (tertiary/aromatic N) is 2. The van der Waals surface area contributed by atoms with Crippen LogP contribution in [0.5, 0.6) is 11.5 Å². The van der Waals surface area contributed by atoms with E-state index >= 15 is 0 Å². The van der Waals surface area contributed by atoms with Crippen LogP contribution in [-0.2, 0) is 26.0 Å². The van der Waals surface area contributed by atoms with E-state index in [-0.39, 0.29) is 39.4 Å². The zero-order valence-electron chi connectivity index (χ0n) is 23.8. The van der Waals surface area contributed by atoms with E-state index < -0.39 is 34.1 Å². The quantitative estimate of drug-likeness (QED) is 0.188. The average Bonchev–Trinajstić information content (AvgIpc) is 3.65. The maximum atomic E-state index is 13.8. The van der Waals surface area contributed by atoms with Crippen LogP contribution in [0.15, 0.2) is 53.7 Å². The van der Waals surface area contributed by atoms with Gasteiger partial charge in [-0.3, -0.25) is 4.98 Å². The van der Waals surface area contributed by atoms with Crippen LogP contribution in [-0.4, -0.2) is 54.6 Å². The van der Waals surface area contributed by atoms with Gasteiger partial charge in [0, 0.05) is 31.1 Å². The molecule has 0 bridgehead atoms. The summed E-state index contributed by atoms with van der Waals surface area (Å²) in [6.45, 7) is 0.937. The highest BCUT2D eigenvalue weighted by atomic mass is 35.5. The Morgan fingerprint density at radius 3 is 2.48 bits per heavy atom. The summed E-state index contributed by atoms with van der Waals surface area (Å²) in [5, 5.41) is -0.690. The number of aryl methyl sites for hydroxylation is 2. The van der Waals surface area contributed by atoms with E-state index in [0.29, 0.717) is 35.0 Å². The Labute approximate surface area is 269 Å². The number of pyridine rings is 1. The normalized spacial score (nSPS) is 17.9. The summed E-state index contributed by atoms with van der Waals surface area (Å²) in [5.41, 5.74) is 2.31. The van der Waals surface area contributed by atoms with Gasteiger partial charge in [0.25, 0.3) is 0 Å². The fourth-order valence-corrected chi connectivity index (χ4v) is 8.64. The van der Waals surface area contributed by atoms with Crippen molar-refractivity contribution in [3.05, 3.63) is 81.1 Å². The van der Waals surface area contributed by atoms with Crippen LogP contribution in [0.4, 0.5) is 8.78 Å². The van der Waals surface area contributed by atoms with Crippen LogP contribution < -0.4 is 9.47 Å². The summed E-state index contributed by atoms with van der Waals surface area (Å²) in [5.74, 6) is -0.176. The third kappa shape index (κ3) is 7.59. The number of thioether (sulfide) groups is 1. The number of sulfonamides is 1. The number of rotatable bonds is 12. The molecule has 0 N–H and O–H groups in total. The van der Waals surface area contributed by atoms with Gasteiger partial charge in [-0.15, -0.1) is 11.8 Å². The predicted octanol–water partition coefficient (Wildman–Crippen LogP) is 6.99. The molecule has 14 heteroatoms. The molecule has 44 heavy (non-hydrogen) atoms. The molecule has 3 aromatic rings. The summed E-state index contributed by atoms with van der Waals surface area (Å²) < 4.78 is 71.3. The van der Waals surface area contributed by atoms with Gasteiger partial charge >= 0.3 is 12.6 Å². The second-order valence-electron chi connectivity index (χ2n) is 10.7. The second kappa shape index (κ2) is 13.8. The number of alkyl halides is 2. The Bertz CT molecular complexity index is 1620. The molecule has 2 fully saturated rings. The van der Waals surface area contributed by atoms with E-state index in [4.69, 9.17) is 32.7 Å². The van der Waals surface area contributed by atoms with Crippen molar-refractivity contribution >= 4 is 51.0 Å². The van der Waals surface area contributed by atoms with Crippen LogP contribution in [0.2, 0.25) is 10.0 Å². The maximum Gasteiger partial charge on any atom is 0.387 e. The first kappa shape index (κ1) is 32.7. The molecule has 1 saturated heterocycles. The molecule has 1 saturated carbocycles. The van der Waals surface area contributed by atoms with Crippen molar-refractivity contribution in [1.29, 1.82) is 0 Å². The molecule has 1 unspecified atom stereocenters. The van der Waals surface area contributed by atoms with Crippen molar-refractivity contribution in [3.8, 4) is 11.5 Å². The Balaban J connectivity index is 1.47. The Kier molecular flexibility index (Phi) is 10.3. The van der Waals surface area contributed by atoms with Gasteiger partial charge in [-0.25, -0.2) is 13.2 Å². The Hall–Kier alpha value is -2.64. The minimum Gasteiger partial charge on any atom is -0.489 e. The molecule has 236 valence electrons. The van der Waals surface area contributed by atoms with Crippen molar-refractivity contribution in [2.75, 3.05) is 18.9 Å². The number of hydrogen-bond acceptors (Lipinski definition) is 8. The number of aromatic nitrogens is 1. The summed E-state index contributed by atoms with van der Waals surface area (Å²) >= 11 is 14.0. The molecule has 2 aromatic carbocycles. The molecular formula is C30H30Cl2F2N2O6S2. The highest BCUT2D eigenvalue weighted by molar-refractivity contribution is 8.02. The summed E-state index contributed by atoms with van der Waals surface area (Å²) in [6.07, 6.45) is 3.70. The summed E-state index contributed by atoms with van der Waals surface area (Å²) in [7, 11) is -4.03. The van der Waals surface area contributed by atoms with E-state index in [1.165, 1.54) is 36.7 Å². The lowest BCUT2D eigenvalue weighted by Gasteiger charge is -2.26. The number of hydrogen-bond donors (Lipinski definition) is 0. The summed E-state index contributed by atoms with van der Waals surface area (Å²) in [4.78, 5) is 17.8. The first-order valence-electron chi connectivity index (χ1n) is 13.8. The third-order valence-corrected chi connectivity index (χ3v) is 11.3. The molecule has 5 rings (SSSR count). The van der Waals surface area contributed by atoms with Gasteiger partial charge in [0.15, 0.2) is 16.9 Å². The smallest absolute Gasteiger partial charge is 0.387 e. The maximum absolute atomic E-state index is 13.8. The van der Waals surface area contributed by atoms with E-state index in [2.05, 4.69) is 9.72 Å². The number of carbonyl (C=O) groups excluding carboxylic acids is 1. The lowest BCUT2D eigenvalue weighted by molar-refractivity contribution is -0.150. The molecule has 1 aromatic heterocycles. The van der Waals surface area contributed by atoms with Gasteiger partial charge in [-0.05, 0) is 67.5 Å². The fourth-order valence-electron chi connectivity index (χ4n) is 4.87. The molecule has 0 spiro atoms. The van der Waals surface area contributed by atoms with Crippen molar-refractivity contribution in [1.82, 2.24) is 9.29 Å². The van der Waals surface area contributed by atoms with Crippen LogP contribution in [0.3, 0.4) is 0 Å². The molecule has 2 aliphatic rings. The molecule has 2 atom stereocenters. The van der Waals surface area contributed by atoms with E-state index in [1.807, 2.05) is 6.92 Å². The van der Waals surface area contributed by atoms with Crippen molar-refractivity contribution in [2.24, 2.45) is 5.92 Å². The van der Waals surface area contributed by atoms with Gasteiger partial charge in [0.1, 0.15) is 6.10 Å². The van der Waals surface area contributed by atoms with Crippen molar-refractivity contribution < 1.29 is 36.2 Å². The SMILES string of the molecule is Cc1ccc(S(=O)(=O)N2CCSC2C(=O)O[C@@H](Cc2c(Cl)cncc2Cl)c2ccc(OC(F)F)c(OCC3CC3)c2)c(C)c1. The number of esters is 1. The molecule has 0 radical (unpaired) electrons. The zero-order valence-corrected chi connectivity index (χ0v) is 27.0. The van der Waals surface area contributed by atoms with Crippen LogP contribution in [0.25, 0.3) is 0 Å². The number of carbonyl (C=O) groups is 1. The van der Waals surface area contributed by atoms with Crippen molar-refractivity contribution in [3.63, 3.8) is 0 Å². The minimum atomic E-state index is -4.03. The average molecular weight is 688 g/mol. The minimum absolute atomic E-state index is 0.00967. The second-order valence-corrected chi connectivity index (χ2v) is 14.5. The molecule has 1 aliphatic carbocycles. The summed E-state index contributed by atoms with van der Waals surface area (Å²) in [6, 6.07) is 9.29. The van der Waals surface area contributed by atoms with Crippen LogP contribution in [0.1, 0.15) is 41.2 Å². The van der Waals surface area contributed by atoms with Gasteiger partial charge in [0.2, 0.25) is 10.0 Å². The van der Waals surface area contributed by atoms with Gasteiger partial charge < -0.3 is 14.2 Å². The topological polar surface area (TPSA) is 95.0 Å². The molecule has 1 aliphatic heterocycles. The first-order chi connectivity index (χ1) is 20.9. The van der Waals surface area contributed by atoms with E-state index in [1.54, 1.807) is 19.1 Å². The highest BCUT2D eigenvalue weighted by Gasteiger charge is 2.42. The van der Waals surface area contributed by atoms with E-state index in [0.717, 1.165) is 34.5 Å². The number of ether oxygens (including phenoxy) is 3. The third-order valence-electron chi connectivity index (χ3n) is 7.30. The molecule has 2 heterocycles. The zero-order chi connectivity index (χ0) is 31.6. The predicted molar refractivity (Wildman–Crippen MR) is 164 cm³/mol. The first-order valence-corrected chi connectivity index (χ1v) is 17.1. The van der Waals surface area contributed by atoms with Crippen LogP contribution >= 0.6 is 35.0 Å². The Morgan fingerprint density at radius 1 is 1.09 bits per heavy atom. The molecule has 8 nitrogen and oxygen atoms in total. The largest absolute Gasteiger partial charge is 0.489 e. The Morgan fingerprint density at radius 2 is 1.82 bits per heavy atom. The van der Waals surface area contributed by atoms with Crippen LogP contribution in [0, 0.1) is 19.8 Å². The number of benzene rings is 2. The van der Waals surface area contributed by atoms with Crippen molar-refractivity contribution in [2.45, 2.75) is 56.1 Å². The lowest BCUT2D eigenvalue weighted by Crippen LogP contribution is -2.41. The lowest BCUT2D eigenvalue weighted by atomic mass is 10.0. The standard InChI is InChI=1S/C30H30Cl2F2N2O6S2/c1-17-3-8-27(18(2)11-17)44(38,39)36-9-10-43-28(36)29(37)41-25(13-21-22(31)14-35-15-23(21)32)20-6-7-24(42-30(33)34)26(12-20)40-16-19-4-5-19/h3,6-8,11-12,14-15,19,25,28,30H,4-5,9-10,13,16H2,1-2H3/t25-,28?/m0/s1. The molecular weight excluding hydrogens is 657 g/mol. The van der Waals surface area contributed by atoms with Gasteiger partial charge in [0.05, 0.1) is 21.5 Å². The highest BCUT2D eigenvalue weighted by Crippen LogP contribution is 2.39. The number of halogens is 4. The molecule has 0 amide bonds.